The molecule has 1 N–H and O–H groups in total. The first kappa shape index (κ1) is 15.1. The largest absolute Gasteiger partial charge is 0.497 e. The van der Waals surface area contributed by atoms with Gasteiger partial charge in [0.25, 0.3) is 5.89 Å². The van der Waals surface area contributed by atoms with E-state index in [-0.39, 0.29) is 13.2 Å². The Morgan fingerprint density at radius 2 is 1.70 bits per heavy atom. The quantitative estimate of drug-likeness (QED) is 0.754. The number of benzene rings is 2. The summed E-state index contributed by atoms with van der Waals surface area (Å²) in [6.45, 7) is 0.217. The van der Waals surface area contributed by atoms with E-state index in [4.69, 9.17) is 19.1 Å². The van der Waals surface area contributed by atoms with Gasteiger partial charge in [0.15, 0.2) is 6.61 Å². The van der Waals surface area contributed by atoms with Crippen molar-refractivity contribution in [3.05, 3.63) is 59.9 Å². The number of hydrogen-bond donors (Lipinski definition) is 1. The highest BCUT2D eigenvalue weighted by Gasteiger charge is 2.09. The maximum atomic E-state index is 9.00. The van der Waals surface area contributed by atoms with Gasteiger partial charge in [-0.05, 0) is 42.0 Å². The van der Waals surface area contributed by atoms with E-state index in [0.29, 0.717) is 17.5 Å². The van der Waals surface area contributed by atoms with Gasteiger partial charge in [-0.15, -0.1) is 0 Å². The highest BCUT2D eigenvalue weighted by Crippen LogP contribution is 2.21. The van der Waals surface area contributed by atoms with E-state index in [1.807, 2.05) is 24.3 Å². The van der Waals surface area contributed by atoms with Gasteiger partial charge in [0.05, 0.1) is 13.7 Å². The molecule has 118 valence electrons. The molecule has 6 nitrogen and oxygen atoms in total. The first-order valence-electron chi connectivity index (χ1n) is 7.08. The third kappa shape index (κ3) is 3.67. The van der Waals surface area contributed by atoms with Crippen LogP contribution < -0.4 is 9.47 Å². The van der Waals surface area contributed by atoms with Gasteiger partial charge in [-0.1, -0.05) is 17.3 Å². The van der Waals surface area contributed by atoms with E-state index in [0.717, 1.165) is 16.9 Å². The minimum atomic E-state index is 0.0103. The van der Waals surface area contributed by atoms with Gasteiger partial charge in [0.2, 0.25) is 5.82 Å². The molecular weight excluding hydrogens is 296 g/mol. The van der Waals surface area contributed by atoms with Crippen LogP contribution in [0.15, 0.2) is 53.1 Å². The molecule has 0 aliphatic rings. The van der Waals surface area contributed by atoms with Crippen molar-refractivity contribution >= 4 is 0 Å². The maximum Gasteiger partial charge on any atom is 0.258 e. The third-order valence-corrected chi connectivity index (χ3v) is 3.28. The van der Waals surface area contributed by atoms with Crippen molar-refractivity contribution in [3.63, 3.8) is 0 Å². The zero-order chi connectivity index (χ0) is 16.1. The van der Waals surface area contributed by atoms with Crippen LogP contribution in [0, 0.1) is 0 Å². The smallest absolute Gasteiger partial charge is 0.258 e. The molecule has 0 aliphatic heterocycles. The number of hydrogen-bond acceptors (Lipinski definition) is 6. The van der Waals surface area contributed by atoms with E-state index in [2.05, 4.69) is 10.1 Å². The molecule has 1 heterocycles. The van der Waals surface area contributed by atoms with E-state index >= 15 is 0 Å². The van der Waals surface area contributed by atoms with Gasteiger partial charge in [-0.3, -0.25) is 0 Å². The summed E-state index contributed by atoms with van der Waals surface area (Å²) in [5.41, 5.74) is 1.65. The Bertz CT molecular complexity index is 751. The number of methoxy groups -OCH3 is 1. The van der Waals surface area contributed by atoms with Crippen LogP contribution in [0.5, 0.6) is 11.5 Å². The lowest BCUT2D eigenvalue weighted by Crippen LogP contribution is -1.97. The molecule has 0 atom stereocenters. The summed E-state index contributed by atoms with van der Waals surface area (Å²) in [4.78, 5) is 4.30. The van der Waals surface area contributed by atoms with Crippen LogP contribution in [0.1, 0.15) is 11.4 Å². The fraction of sp³-hybridized carbons (Fsp3) is 0.176. The number of aromatic nitrogens is 2. The normalized spacial score (nSPS) is 10.5. The van der Waals surface area contributed by atoms with Crippen molar-refractivity contribution < 1.29 is 19.1 Å². The van der Waals surface area contributed by atoms with Crippen molar-refractivity contribution in [2.75, 3.05) is 7.11 Å². The van der Waals surface area contributed by atoms with E-state index < -0.39 is 0 Å². The number of nitrogens with zero attached hydrogens (tertiary/aromatic N) is 2. The first-order chi connectivity index (χ1) is 11.3. The zero-order valence-corrected chi connectivity index (χ0v) is 12.6. The molecular formula is C17H16N2O4. The predicted octanol–water partition coefficient (Wildman–Crippen LogP) is 2.82. The Labute approximate surface area is 133 Å². The van der Waals surface area contributed by atoms with Gasteiger partial charge in [-0.25, -0.2) is 0 Å². The molecule has 0 spiro atoms. The monoisotopic (exact) mass is 312 g/mol. The Morgan fingerprint density at radius 1 is 1.00 bits per heavy atom. The van der Waals surface area contributed by atoms with E-state index in [1.165, 1.54) is 0 Å². The van der Waals surface area contributed by atoms with Gasteiger partial charge in [0.1, 0.15) is 11.5 Å². The van der Waals surface area contributed by atoms with Crippen molar-refractivity contribution in [1.29, 1.82) is 0 Å². The van der Waals surface area contributed by atoms with Crippen LogP contribution in [0.4, 0.5) is 0 Å². The van der Waals surface area contributed by atoms with Crippen molar-refractivity contribution in [2.45, 2.75) is 13.2 Å². The third-order valence-electron chi connectivity index (χ3n) is 3.28. The molecule has 6 heteroatoms. The second kappa shape index (κ2) is 6.93. The molecule has 1 aromatic heterocycles. The second-order valence-electron chi connectivity index (χ2n) is 4.83. The Morgan fingerprint density at radius 3 is 2.35 bits per heavy atom. The van der Waals surface area contributed by atoms with Crippen LogP contribution >= 0.6 is 0 Å². The SMILES string of the molecule is COc1ccc(-c2nc(COc3ccc(CO)cc3)no2)cc1. The number of aliphatic hydroxyl groups is 1. The molecule has 0 saturated heterocycles. The van der Waals surface area contributed by atoms with Gasteiger partial charge in [-0.2, -0.15) is 4.98 Å². The maximum absolute atomic E-state index is 9.00. The molecule has 23 heavy (non-hydrogen) atoms. The summed E-state index contributed by atoms with van der Waals surface area (Å²) in [5, 5.41) is 12.9. The minimum absolute atomic E-state index is 0.0103. The molecule has 0 saturated carbocycles. The number of ether oxygens (including phenoxy) is 2. The summed E-state index contributed by atoms with van der Waals surface area (Å²) in [7, 11) is 1.62. The minimum Gasteiger partial charge on any atom is -0.497 e. The molecule has 0 fully saturated rings. The van der Waals surface area contributed by atoms with Gasteiger partial charge in [0, 0.05) is 5.56 Å². The Hall–Kier alpha value is -2.86. The molecule has 0 aliphatic carbocycles. The standard InChI is InChI=1S/C17H16N2O4/c1-21-14-8-4-13(5-9-14)17-18-16(19-23-17)11-22-15-6-2-12(10-20)3-7-15/h2-9,20H,10-11H2,1H3. The Balaban J connectivity index is 1.64. The summed E-state index contributed by atoms with van der Waals surface area (Å²) in [6.07, 6.45) is 0. The lowest BCUT2D eigenvalue weighted by atomic mass is 10.2. The average Bonchev–Trinajstić information content (AvgIpc) is 3.09. The highest BCUT2D eigenvalue weighted by molar-refractivity contribution is 5.54. The van der Waals surface area contributed by atoms with Gasteiger partial charge >= 0.3 is 0 Å². The molecule has 0 bridgehead atoms. The number of aliphatic hydroxyl groups excluding tert-OH is 1. The van der Waals surface area contributed by atoms with Crippen LogP contribution in [0.25, 0.3) is 11.5 Å². The molecule has 0 unspecified atom stereocenters. The zero-order valence-electron chi connectivity index (χ0n) is 12.6. The molecule has 0 amide bonds. The molecule has 0 radical (unpaired) electrons. The molecule has 2 aromatic carbocycles. The Kier molecular flexibility index (Phi) is 4.54. The van der Waals surface area contributed by atoms with E-state index in [1.54, 1.807) is 31.4 Å². The highest BCUT2D eigenvalue weighted by atomic mass is 16.5. The van der Waals surface area contributed by atoms with Crippen LogP contribution in [-0.2, 0) is 13.2 Å². The second-order valence-corrected chi connectivity index (χ2v) is 4.83. The molecule has 3 rings (SSSR count). The predicted molar refractivity (Wildman–Crippen MR) is 83.0 cm³/mol. The van der Waals surface area contributed by atoms with Gasteiger partial charge < -0.3 is 19.1 Å². The average molecular weight is 312 g/mol. The topological polar surface area (TPSA) is 77.6 Å². The van der Waals surface area contributed by atoms with Crippen LogP contribution in [0.2, 0.25) is 0 Å². The first-order valence-corrected chi connectivity index (χ1v) is 7.08. The summed E-state index contributed by atoms with van der Waals surface area (Å²) in [6, 6.07) is 14.5. The lowest BCUT2D eigenvalue weighted by molar-refractivity contribution is 0.279. The fourth-order valence-corrected chi connectivity index (χ4v) is 2.00. The lowest BCUT2D eigenvalue weighted by Gasteiger charge is -2.03. The number of rotatable bonds is 6. The summed E-state index contributed by atoms with van der Waals surface area (Å²) in [5.74, 6) is 2.34. The summed E-state index contributed by atoms with van der Waals surface area (Å²) < 4.78 is 15.9. The molecule has 3 aromatic rings. The summed E-state index contributed by atoms with van der Waals surface area (Å²) >= 11 is 0. The van der Waals surface area contributed by atoms with Crippen LogP contribution in [0.3, 0.4) is 0 Å². The van der Waals surface area contributed by atoms with Crippen molar-refractivity contribution in [1.82, 2.24) is 10.1 Å². The van der Waals surface area contributed by atoms with Crippen LogP contribution in [-0.4, -0.2) is 22.4 Å². The van der Waals surface area contributed by atoms with E-state index in [9.17, 15) is 0 Å². The fourth-order valence-electron chi connectivity index (χ4n) is 2.00. The van der Waals surface area contributed by atoms with Crippen molar-refractivity contribution in [3.8, 4) is 23.0 Å². The van der Waals surface area contributed by atoms with Crippen molar-refractivity contribution in [2.24, 2.45) is 0 Å².